The summed E-state index contributed by atoms with van der Waals surface area (Å²) >= 11 is 0. The molecule has 0 spiro atoms. The number of rotatable bonds is 1. The molecular formula is C15H23F. The van der Waals surface area contributed by atoms with E-state index in [2.05, 4.69) is 6.92 Å². The van der Waals surface area contributed by atoms with Crippen molar-refractivity contribution in [3.63, 3.8) is 0 Å². The van der Waals surface area contributed by atoms with Gasteiger partial charge in [-0.25, -0.2) is 4.39 Å². The fourth-order valence-electron chi connectivity index (χ4n) is 2.20. The maximum absolute atomic E-state index is 12.2. The first-order valence-electron chi connectivity index (χ1n) is 6.44. The topological polar surface area (TPSA) is 0 Å². The third kappa shape index (κ3) is 5.29. The van der Waals surface area contributed by atoms with Crippen LogP contribution in [0.4, 0.5) is 4.39 Å². The van der Waals surface area contributed by atoms with Crippen molar-refractivity contribution in [3.8, 4) is 0 Å². The smallest absolute Gasteiger partial charge is 0.123 e. The van der Waals surface area contributed by atoms with Crippen LogP contribution in [-0.2, 0) is 0 Å². The molecule has 1 saturated carbocycles. The molecule has 0 saturated heterocycles. The molecule has 90 valence electrons. The van der Waals surface area contributed by atoms with Gasteiger partial charge in [0.1, 0.15) is 5.82 Å². The van der Waals surface area contributed by atoms with Crippen molar-refractivity contribution in [2.45, 2.75) is 52.4 Å². The number of aryl methyl sites for hydroxylation is 1. The molecule has 0 amide bonds. The van der Waals surface area contributed by atoms with Crippen LogP contribution in [-0.4, -0.2) is 0 Å². The molecule has 2 rings (SSSR count). The fraction of sp³-hybridized carbons (Fsp3) is 0.600. The lowest BCUT2D eigenvalue weighted by molar-refractivity contribution is 0.349. The van der Waals surface area contributed by atoms with Gasteiger partial charge in [-0.2, -0.15) is 0 Å². The highest BCUT2D eigenvalue weighted by Gasteiger charge is 2.09. The summed E-state index contributed by atoms with van der Waals surface area (Å²) in [7, 11) is 0. The van der Waals surface area contributed by atoms with E-state index in [4.69, 9.17) is 0 Å². The van der Waals surface area contributed by atoms with Crippen LogP contribution < -0.4 is 0 Å². The van der Waals surface area contributed by atoms with Crippen molar-refractivity contribution in [1.29, 1.82) is 0 Å². The lowest BCUT2D eigenvalue weighted by Crippen LogP contribution is -2.03. The first kappa shape index (κ1) is 13.2. The average Bonchev–Trinajstić information content (AvgIpc) is 2.31. The minimum Gasteiger partial charge on any atom is -0.207 e. The van der Waals surface area contributed by atoms with Crippen molar-refractivity contribution in [1.82, 2.24) is 0 Å². The van der Waals surface area contributed by atoms with Gasteiger partial charge in [-0.05, 0) is 30.5 Å². The van der Waals surface area contributed by atoms with Gasteiger partial charge in [0.2, 0.25) is 0 Å². The van der Waals surface area contributed by atoms with Crippen LogP contribution in [0.2, 0.25) is 0 Å². The fourth-order valence-corrected chi connectivity index (χ4v) is 2.20. The minimum absolute atomic E-state index is 0.162. The zero-order chi connectivity index (χ0) is 11.8. The average molecular weight is 222 g/mol. The number of hydrogen-bond donors (Lipinski definition) is 0. The highest BCUT2D eigenvalue weighted by molar-refractivity contribution is 5.13. The molecule has 0 aromatic heterocycles. The van der Waals surface area contributed by atoms with E-state index in [-0.39, 0.29) is 5.82 Å². The summed E-state index contributed by atoms with van der Waals surface area (Å²) in [6.07, 6.45) is 8.93. The molecular weight excluding hydrogens is 199 g/mol. The Morgan fingerprint density at radius 3 is 2.25 bits per heavy atom. The molecule has 1 aliphatic rings. The zero-order valence-corrected chi connectivity index (χ0v) is 10.5. The molecule has 0 nitrogen and oxygen atoms in total. The predicted molar refractivity (Wildman–Crippen MR) is 68.0 cm³/mol. The maximum atomic E-state index is 12.2. The summed E-state index contributed by atoms with van der Waals surface area (Å²) in [6, 6.07) is 6.50. The van der Waals surface area contributed by atoms with Crippen LogP contribution in [0.1, 0.15) is 51.0 Å². The van der Waals surface area contributed by atoms with Gasteiger partial charge in [-0.15, -0.1) is 0 Å². The second-order valence-electron chi connectivity index (χ2n) is 4.71. The van der Waals surface area contributed by atoms with E-state index in [1.54, 1.807) is 6.07 Å². The van der Waals surface area contributed by atoms with Gasteiger partial charge in [-0.3, -0.25) is 0 Å². The van der Waals surface area contributed by atoms with Crippen molar-refractivity contribution in [3.05, 3.63) is 35.6 Å². The Hall–Kier alpha value is -0.850. The van der Waals surface area contributed by atoms with E-state index in [1.807, 2.05) is 13.0 Å². The van der Waals surface area contributed by atoms with E-state index >= 15 is 0 Å². The highest BCUT2D eigenvalue weighted by atomic mass is 19.1. The first-order valence-corrected chi connectivity index (χ1v) is 6.44. The largest absolute Gasteiger partial charge is 0.207 e. The third-order valence-corrected chi connectivity index (χ3v) is 3.28. The summed E-state index contributed by atoms with van der Waals surface area (Å²) in [5.41, 5.74) is 0.963. The van der Waals surface area contributed by atoms with Gasteiger partial charge in [0.15, 0.2) is 0 Å². The number of halogens is 1. The Balaban J connectivity index is 0.000000160. The van der Waals surface area contributed by atoms with Crippen molar-refractivity contribution in [2.75, 3.05) is 0 Å². The van der Waals surface area contributed by atoms with E-state index in [0.717, 1.165) is 11.5 Å². The second kappa shape index (κ2) is 7.43. The Bertz CT molecular complexity index is 270. The molecule has 1 fully saturated rings. The number of benzene rings is 1. The van der Waals surface area contributed by atoms with Crippen molar-refractivity contribution < 1.29 is 4.39 Å². The van der Waals surface area contributed by atoms with Gasteiger partial charge in [0.25, 0.3) is 0 Å². The molecule has 0 aliphatic heterocycles. The first-order chi connectivity index (χ1) is 7.72. The molecule has 16 heavy (non-hydrogen) atoms. The summed E-state index contributed by atoms with van der Waals surface area (Å²) in [5, 5.41) is 0. The Morgan fingerprint density at radius 1 is 1.19 bits per heavy atom. The number of hydrogen-bond acceptors (Lipinski definition) is 0. The molecule has 0 bridgehead atoms. The lowest BCUT2D eigenvalue weighted by Gasteiger charge is -2.18. The lowest BCUT2D eigenvalue weighted by atomic mass is 9.88. The van der Waals surface area contributed by atoms with E-state index < -0.39 is 0 Å². The second-order valence-corrected chi connectivity index (χ2v) is 4.71. The third-order valence-electron chi connectivity index (χ3n) is 3.28. The highest BCUT2D eigenvalue weighted by Crippen LogP contribution is 2.25. The van der Waals surface area contributed by atoms with Crippen LogP contribution in [0, 0.1) is 18.7 Å². The van der Waals surface area contributed by atoms with E-state index in [1.165, 1.54) is 50.7 Å². The van der Waals surface area contributed by atoms with Crippen molar-refractivity contribution in [2.24, 2.45) is 5.92 Å². The monoisotopic (exact) mass is 222 g/mol. The van der Waals surface area contributed by atoms with Crippen LogP contribution in [0.15, 0.2) is 24.3 Å². The van der Waals surface area contributed by atoms with Crippen LogP contribution >= 0.6 is 0 Å². The molecule has 1 aromatic carbocycles. The molecule has 1 heteroatoms. The Kier molecular flexibility index (Phi) is 6.14. The quantitative estimate of drug-likeness (QED) is 0.619. The summed E-state index contributed by atoms with van der Waals surface area (Å²) < 4.78 is 12.2. The molecule has 0 radical (unpaired) electrons. The molecule has 1 aromatic rings. The predicted octanol–water partition coefficient (Wildman–Crippen LogP) is 5.11. The van der Waals surface area contributed by atoms with E-state index in [0.29, 0.717) is 0 Å². The Labute approximate surface area is 98.9 Å². The molecule has 0 heterocycles. The summed E-state index contributed by atoms with van der Waals surface area (Å²) in [4.78, 5) is 0. The summed E-state index contributed by atoms with van der Waals surface area (Å²) in [6.45, 7) is 4.18. The normalized spacial score (nSPS) is 16.4. The zero-order valence-electron chi connectivity index (χ0n) is 10.5. The standard InChI is InChI=1S/C8H16.C7H7F/c1-2-8-6-4-3-5-7-8;1-6-3-2-4-7(8)5-6/h8H,2-7H2,1H3;2-5H,1H3. The van der Waals surface area contributed by atoms with Crippen LogP contribution in [0.25, 0.3) is 0 Å². The van der Waals surface area contributed by atoms with Gasteiger partial charge < -0.3 is 0 Å². The summed E-state index contributed by atoms with van der Waals surface area (Å²) in [5.74, 6) is 0.925. The van der Waals surface area contributed by atoms with Crippen LogP contribution in [0.5, 0.6) is 0 Å². The molecule has 0 N–H and O–H groups in total. The SMILES string of the molecule is CCC1CCCCC1.Cc1cccc(F)c1. The maximum Gasteiger partial charge on any atom is 0.123 e. The van der Waals surface area contributed by atoms with E-state index in [9.17, 15) is 4.39 Å². The minimum atomic E-state index is -0.162. The van der Waals surface area contributed by atoms with Gasteiger partial charge >= 0.3 is 0 Å². The molecule has 0 atom stereocenters. The van der Waals surface area contributed by atoms with Gasteiger partial charge in [-0.1, -0.05) is 57.6 Å². The van der Waals surface area contributed by atoms with Crippen LogP contribution in [0.3, 0.4) is 0 Å². The molecule has 1 aliphatic carbocycles. The Morgan fingerprint density at radius 2 is 1.88 bits per heavy atom. The van der Waals surface area contributed by atoms with Crippen molar-refractivity contribution >= 4 is 0 Å². The van der Waals surface area contributed by atoms with Gasteiger partial charge in [0.05, 0.1) is 0 Å². The van der Waals surface area contributed by atoms with Gasteiger partial charge in [0, 0.05) is 0 Å². The molecule has 0 unspecified atom stereocenters.